The van der Waals surface area contributed by atoms with Crippen LogP contribution in [-0.4, -0.2) is 62.7 Å². The molecule has 0 unspecified atom stereocenters. The highest BCUT2D eigenvalue weighted by Crippen LogP contribution is 2.34. The Morgan fingerprint density at radius 3 is 2.26 bits per heavy atom. The van der Waals surface area contributed by atoms with E-state index in [1.54, 1.807) is 0 Å². The molecule has 1 atom stereocenters. The monoisotopic (exact) mass is 514 g/mol. The van der Waals surface area contributed by atoms with E-state index in [0.717, 1.165) is 55.4 Å². The highest BCUT2D eigenvalue weighted by atomic mass is 15.6. The smallest absolute Gasteiger partial charge is 0.178 e. The van der Waals surface area contributed by atoms with Crippen LogP contribution in [0.25, 0.3) is 22.5 Å². The largest absolute Gasteiger partial charge is 0.297 e. The lowest BCUT2D eigenvalue weighted by Gasteiger charge is -2.39. The number of para-hydroxylation sites is 1. The number of piperazine rings is 1. The minimum Gasteiger partial charge on any atom is -0.297 e. The molecule has 1 aliphatic rings. The first-order valence-corrected chi connectivity index (χ1v) is 13.7. The zero-order chi connectivity index (χ0) is 26.6. The number of fused-ring (bicyclic) bond motifs is 1. The molecule has 0 radical (unpaired) electrons. The molecule has 0 aliphatic carbocycles. The third-order valence-electron chi connectivity index (χ3n) is 7.75. The maximum atomic E-state index is 4.67. The lowest BCUT2D eigenvalue weighted by molar-refractivity contribution is 0.114. The van der Waals surface area contributed by atoms with Gasteiger partial charge in [-0.2, -0.15) is 4.68 Å². The Bertz CT molecular complexity index is 1560. The Balaban J connectivity index is 1.33. The predicted molar refractivity (Wildman–Crippen MR) is 158 cm³/mol. The molecule has 1 aliphatic heterocycles. The number of aryl methyl sites for hydroxylation is 2. The normalized spacial score (nSPS) is 15.7. The van der Waals surface area contributed by atoms with Gasteiger partial charge in [-0.3, -0.25) is 9.80 Å². The van der Waals surface area contributed by atoms with Crippen LogP contribution in [-0.2, 0) is 0 Å². The van der Waals surface area contributed by atoms with Crippen LogP contribution in [0.1, 0.15) is 34.1 Å². The van der Waals surface area contributed by atoms with E-state index in [0.29, 0.717) is 0 Å². The van der Waals surface area contributed by atoms with Crippen LogP contribution in [0.4, 0.5) is 0 Å². The van der Waals surface area contributed by atoms with Crippen molar-refractivity contribution in [2.45, 2.75) is 19.9 Å². The van der Waals surface area contributed by atoms with E-state index < -0.39 is 0 Å². The van der Waals surface area contributed by atoms with Crippen molar-refractivity contribution in [3.63, 3.8) is 0 Å². The third kappa shape index (κ3) is 5.26. The first kappa shape index (κ1) is 25.2. The Morgan fingerprint density at radius 2 is 1.46 bits per heavy atom. The van der Waals surface area contributed by atoms with Gasteiger partial charge in [-0.15, -0.1) is 5.10 Å². The molecule has 6 nitrogen and oxygen atoms in total. The highest BCUT2D eigenvalue weighted by molar-refractivity contribution is 5.86. The Labute approximate surface area is 230 Å². The quantitative estimate of drug-likeness (QED) is 0.273. The summed E-state index contributed by atoms with van der Waals surface area (Å²) in [6.07, 6.45) is 4.48. The number of benzene rings is 4. The topological polar surface area (TPSA) is 50.1 Å². The Kier molecular flexibility index (Phi) is 7.30. The third-order valence-corrected chi connectivity index (χ3v) is 7.75. The average molecular weight is 515 g/mol. The summed E-state index contributed by atoms with van der Waals surface area (Å²) in [5.74, 6) is 0.862. The molecule has 1 aromatic heterocycles. The summed E-state index contributed by atoms with van der Waals surface area (Å²) in [4.78, 5) is 5.07. The maximum absolute atomic E-state index is 4.67. The molecule has 0 amide bonds. The van der Waals surface area contributed by atoms with Gasteiger partial charge < -0.3 is 0 Å². The van der Waals surface area contributed by atoms with Gasteiger partial charge in [-0.25, -0.2) is 0 Å². The summed E-state index contributed by atoms with van der Waals surface area (Å²) < 4.78 is 1.96. The second-order valence-corrected chi connectivity index (χ2v) is 10.3. The van der Waals surface area contributed by atoms with Gasteiger partial charge in [-0.1, -0.05) is 103 Å². The number of aromatic nitrogens is 4. The standard InChI is InChI=1S/C33H34N6/c1-25-11-8-12-26(2)31(25)39-33(34-35-36-39)32(30-19-9-17-28-16-6-7-18-29(28)30)38-23-21-37(22-24-38)20-10-15-27-13-4-3-5-14-27/h3-19,32H,20-24H2,1-2H3/b15-10+/t32-/m1/s1. The number of rotatable bonds is 7. The summed E-state index contributed by atoms with van der Waals surface area (Å²) in [6, 6.07) is 32.0. The first-order chi connectivity index (χ1) is 19.2. The van der Waals surface area contributed by atoms with E-state index in [2.05, 4.69) is 142 Å². The van der Waals surface area contributed by atoms with E-state index in [9.17, 15) is 0 Å². The molecular weight excluding hydrogens is 480 g/mol. The minimum atomic E-state index is -0.0629. The highest BCUT2D eigenvalue weighted by Gasteiger charge is 2.32. The molecule has 6 heteroatoms. The fourth-order valence-electron chi connectivity index (χ4n) is 5.76. The van der Waals surface area contributed by atoms with Gasteiger partial charge in [0.05, 0.1) is 11.7 Å². The summed E-state index contributed by atoms with van der Waals surface area (Å²) in [7, 11) is 0. The molecule has 4 aromatic carbocycles. The molecule has 196 valence electrons. The van der Waals surface area contributed by atoms with Gasteiger partial charge in [0.1, 0.15) is 0 Å². The van der Waals surface area contributed by atoms with Gasteiger partial charge in [0, 0.05) is 32.7 Å². The zero-order valence-corrected chi connectivity index (χ0v) is 22.6. The number of hydrogen-bond donors (Lipinski definition) is 0. The van der Waals surface area contributed by atoms with Crippen molar-refractivity contribution in [2.75, 3.05) is 32.7 Å². The summed E-state index contributed by atoms with van der Waals surface area (Å²) >= 11 is 0. The molecule has 2 heterocycles. The van der Waals surface area contributed by atoms with Crippen molar-refractivity contribution in [2.24, 2.45) is 0 Å². The van der Waals surface area contributed by atoms with Gasteiger partial charge in [0.2, 0.25) is 0 Å². The van der Waals surface area contributed by atoms with Crippen molar-refractivity contribution in [3.05, 3.63) is 125 Å². The number of tetrazole rings is 1. The van der Waals surface area contributed by atoms with Crippen molar-refractivity contribution < 1.29 is 0 Å². The number of hydrogen-bond acceptors (Lipinski definition) is 5. The van der Waals surface area contributed by atoms with Crippen LogP contribution in [0.3, 0.4) is 0 Å². The van der Waals surface area contributed by atoms with Crippen LogP contribution < -0.4 is 0 Å². The van der Waals surface area contributed by atoms with Crippen LogP contribution in [0.2, 0.25) is 0 Å². The van der Waals surface area contributed by atoms with Crippen LogP contribution in [0.15, 0.2) is 97.1 Å². The Morgan fingerprint density at radius 1 is 0.769 bits per heavy atom. The van der Waals surface area contributed by atoms with E-state index in [-0.39, 0.29) is 6.04 Å². The molecule has 5 aromatic rings. The van der Waals surface area contributed by atoms with E-state index in [1.807, 2.05) is 4.68 Å². The van der Waals surface area contributed by atoms with Gasteiger partial charge >= 0.3 is 0 Å². The van der Waals surface area contributed by atoms with Crippen molar-refractivity contribution in [1.29, 1.82) is 0 Å². The maximum Gasteiger partial charge on any atom is 0.178 e. The molecule has 39 heavy (non-hydrogen) atoms. The van der Waals surface area contributed by atoms with E-state index in [1.165, 1.54) is 21.9 Å². The molecule has 1 fully saturated rings. The fourth-order valence-corrected chi connectivity index (χ4v) is 5.76. The molecule has 0 spiro atoms. The fraction of sp³-hybridized carbons (Fsp3) is 0.242. The molecule has 1 saturated heterocycles. The van der Waals surface area contributed by atoms with Crippen LogP contribution in [0.5, 0.6) is 0 Å². The predicted octanol–water partition coefficient (Wildman–Crippen LogP) is 5.85. The lowest BCUT2D eigenvalue weighted by atomic mass is 9.96. The second kappa shape index (κ2) is 11.3. The first-order valence-electron chi connectivity index (χ1n) is 13.7. The lowest BCUT2D eigenvalue weighted by Crippen LogP contribution is -2.48. The molecular formula is C33H34N6. The van der Waals surface area contributed by atoms with Gasteiger partial charge in [0.25, 0.3) is 0 Å². The Hall–Kier alpha value is -4.13. The molecule has 6 rings (SSSR count). The molecule has 0 saturated carbocycles. The van der Waals surface area contributed by atoms with Gasteiger partial charge in [0.15, 0.2) is 5.82 Å². The van der Waals surface area contributed by atoms with Crippen LogP contribution >= 0.6 is 0 Å². The SMILES string of the molecule is Cc1cccc(C)c1-n1nnnc1[C@@H](c1cccc2ccccc12)N1CCN(C/C=C/c2ccccc2)CC1. The van der Waals surface area contributed by atoms with Crippen LogP contribution in [0, 0.1) is 13.8 Å². The van der Waals surface area contributed by atoms with Gasteiger partial charge in [-0.05, 0) is 57.3 Å². The average Bonchev–Trinajstić information content (AvgIpc) is 3.43. The zero-order valence-electron chi connectivity index (χ0n) is 22.6. The molecule has 0 N–H and O–H groups in total. The molecule has 0 bridgehead atoms. The van der Waals surface area contributed by atoms with Crippen molar-refractivity contribution in [1.82, 2.24) is 30.0 Å². The van der Waals surface area contributed by atoms with E-state index in [4.69, 9.17) is 0 Å². The minimum absolute atomic E-state index is 0.0629. The second-order valence-electron chi connectivity index (χ2n) is 10.3. The van der Waals surface area contributed by atoms with Crippen molar-refractivity contribution >= 4 is 16.8 Å². The summed E-state index contributed by atoms with van der Waals surface area (Å²) in [5, 5.41) is 15.9. The number of nitrogens with zero attached hydrogens (tertiary/aromatic N) is 6. The van der Waals surface area contributed by atoms with Crippen molar-refractivity contribution in [3.8, 4) is 5.69 Å². The summed E-state index contributed by atoms with van der Waals surface area (Å²) in [5.41, 5.74) is 5.87. The summed E-state index contributed by atoms with van der Waals surface area (Å²) in [6.45, 7) is 9.06. The van der Waals surface area contributed by atoms with E-state index >= 15 is 0 Å².